The molecule has 0 amide bonds. The molecule has 30 heavy (non-hydrogen) atoms. The van der Waals surface area contributed by atoms with Crippen molar-refractivity contribution in [2.75, 3.05) is 0 Å². The SMILES string of the molecule is Cn1ncc2c3[nH]n(-c4cccc(F)c4)c(=O)c3c(-c3cccc(C(=O)O)c3)nc21. The van der Waals surface area contributed by atoms with Gasteiger partial charge in [0.2, 0.25) is 0 Å². The minimum absolute atomic E-state index is 0.0774. The van der Waals surface area contributed by atoms with E-state index in [1.54, 1.807) is 36.1 Å². The van der Waals surface area contributed by atoms with E-state index in [9.17, 15) is 19.1 Å². The molecular weight excluding hydrogens is 389 g/mol. The van der Waals surface area contributed by atoms with Gasteiger partial charge in [0.1, 0.15) is 5.82 Å². The van der Waals surface area contributed by atoms with E-state index in [-0.39, 0.29) is 10.9 Å². The number of benzene rings is 2. The van der Waals surface area contributed by atoms with E-state index in [4.69, 9.17) is 0 Å². The zero-order chi connectivity index (χ0) is 21.0. The van der Waals surface area contributed by atoms with E-state index in [1.807, 2.05) is 0 Å². The molecule has 3 heterocycles. The van der Waals surface area contributed by atoms with Crippen LogP contribution in [0.2, 0.25) is 0 Å². The number of halogens is 1. The topological polar surface area (TPSA) is 106 Å². The fourth-order valence-electron chi connectivity index (χ4n) is 3.56. The summed E-state index contributed by atoms with van der Waals surface area (Å²) < 4.78 is 16.6. The van der Waals surface area contributed by atoms with Crippen molar-refractivity contribution in [3.63, 3.8) is 0 Å². The predicted molar refractivity (Wildman–Crippen MR) is 108 cm³/mol. The third-order valence-corrected chi connectivity index (χ3v) is 4.97. The number of rotatable bonds is 3. The summed E-state index contributed by atoms with van der Waals surface area (Å²) in [5.41, 5.74) is 1.78. The summed E-state index contributed by atoms with van der Waals surface area (Å²) in [6.45, 7) is 0. The molecule has 0 fully saturated rings. The maximum atomic E-state index is 13.8. The highest BCUT2D eigenvalue weighted by Gasteiger charge is 2.21. The molecule has 8 nitrogen and oxygen atoms in total. The van der Waals surface area contributed by atoms with Gasteiger partial charge in [0, 0.05) is 12.6 Å². The molecule has 0 atom stereocenters. The van der Waals surface area contributed by atoms with Crippen molar-refractivity contribution >= 4 is 27.9 Å². The zero-order valence-corrected chi connectivity index (χ0v) is 15.6. The number of pyridine rings is 1. The highest BCUT2D eigenvalue weighted by atomic mass is 19.1. The van der Waals surface area contributed by atoms with Crippen LogP contribution < -0.4 is 5.56 Å². The highest BCUT2D eigenvalue weighted by molar-refractivity contribution is 6.08. The number of aromatic amines is 1. The van der Waals surface area contributed by atoms with Gasteiger partial charge in [-0.15, -0.1) is 0 Å². The van der Waals surface area contributed by atoms with Crippen molar-refractivity contribution < 1.29 is 14.3 Å². The lowest BCUT2D eigenvalue weighted by molar-refractivity contribution is 0.0697. The second-order valence-corrected chi connectivity index (χ2v) is 6.83. The van der Waals surface area contributed by atoms with Gasteiger partial charge >= 0.3 is 5.97 Å². The van der Waals surface area contributed by atoms with E-state index in [0.717, 1.165) is 0 Å². The molecule has 148 valence electrons. The van der Waals surface area contributed by atoms with Crippen LogP contribution in [0.1, 0.15) is 10.4 Å². The Labute approximate surface area is 167 Å². The van der Waals surface area contributed by atoms with E-state index >= 15 is 0 Å². The van der Waals surface area contributed by atoms with Gasteiger partial charge < -0.3 is 5.11 Å². The molecule has 2 N–H and O–H groups in total. The molecule has 0 bridgehead atoms. The molecule has 5 aromatic rings. The molecule has 0 aliphatic heterocycles. The lowest BCUT2D eigenvalue weighted by Crippen LogP contribution is -2.15. The largest absolute Gasteiger partial charge is 0.478 e. The van der Waals surface area contributed by atoms with Gasteiger partial charge in [-0.1, -0.05) is 18.2 Å². The van der Waals surface area contributed by atoms with E-state index in [2.05, 4.69) is 15.2 Å². The van der Waals surface area contributed by atoms with Crippen LogP contribution in [0.5, 0.6) is 0 Å². The van der Waals surface area contributed by atoms with Crippen molar-refractivity contribution in [3.05, 3.63) is 76.5 Å². The molecule has 0 saturated carbocycles. The van der Waals surface area contributed by atoms with Gasteiger partial charge in [0.15, 0.2) is 5.65 Å². The average molecular weight is 403 g/mol. The summed E-state index contributed by atoms with van der Waals surface area (Å²) in [4.78, 5) is 29.4. The molecular formula is C21H14FN5O3. The van der Waals surface area contributed by atoms with Crippen molar-refractivity contribution in [1.82, 2.24) is 24.5 Å². The molecule has 0 unspecified atom stereocenters. The molecule has 2 aromatic carbocycles. The van der Waals surface area contributed by atoms with E-state index in [0.29, 0.717) is 33.5 Å². The Morgan fingerprint density at radius 3 is 2.73 bits per heavy atom. The van der Waals surface area contributed by atoms with Gasteiger partial charge in [-0.25, -0.2) is 18.9 Å². The average Bonchev–Trinajstić information content (AvgIpc) is 3.28. The maximum absolute atomic E-state index is 13.8. The first kappa shape index (κ1) is 17.8. The lowest BCUT2D eigenvalue weighted by Gasteiger charge is -2.05. The number of aromatic carboxylic acids is 1. The highest BCUT2D eigenvalue weighted by Crippen LogP contribution is 2.30. The first-order valence-electron chi connectivity index (χ1n) is 9.00. The standard InChI is InChI=1S/C21H14FN5O3/c1-26-19-15(10-23-26)18-16(17(24-19)11-4-2-5-12(8-11)21(29)30)20(28)27(25-18)14-7-3-6-13(22)9-14/h2-10,25H,1H3,(H,29,30). The van der Waals surface area contributed by atoms with Crippen LogP contribution in [0.15, 0.2) is 59.5 Å². The fourth-order valence-corrected chi connectivity index (χ4v) is 3.56. The Hall–Kier alpha value is -4.27. The number of aromatic nitrogens is 5. The fraction of sp³-hybridized carbons (Fsp3) is 0.0476. The third-order valence-electron chi connectivity index (χ3n) is 4.97. The zero-order valence-electron chi connectivity index (χ0n) is 15.6. The van der Waals surface area contributed by atoms with Crippen LogP contribution in [0.25, 0.3) is 38.9 Å². The summed E-state index contributed by atoms with van der Waals surface area (Å²) >= 11 is 0. The summed E-state index contributed by atoms with van der Waals surface area (Å²) in [6, 6.07) is 11.9. The summed E-state index contributed by atoms with van der Waals surface area (Å²) in [5.74, 6) is -1.56. The second kappa shape index (κ2) is 6.38. The first-order chi connectivity index (χ1) is 14.4. The quantitative estimate of drug-likeness (QED) is 0.482. The Bertz CT molecular complexity index is 1530. The van der Waals surface area contributed by atoms with Crippen molar-refractivity contribution in [3.8, 4) is 16.9 Å². The minimum Gasteiger partial charge on any atom is -0.478 e. The van der Waals surface area contributed by atoms with Crippen molar-refractivity contribution in [2.24, 2.45) is 7.05 Å². The van der Waals surface area contributed by atoms with E-state index in [1.165, 1.54) is 35.0 Å². The van der Waals surface area contributed by atoms with Crippen LogP contribution in [0.4, 0.5) is 4.39 Å². The number of carboxylic acid groups (broad SMARTS) is 1. The lowest BCUT2D eigenvalue weighted by atomic mass is 10.0. The van der Waals surface area contributed by atoms with Crippen LogP contribution in [-0.2, 0) is 7.05 Å². The molecule has 5 rings (SSSR count). The van der Waals surface area contributed by atoms with Gasteiger partial charge in [-0.05, 0) is 30.3 Å². The normalized spacial score (nSPS) is 11.4. The minimum atomic E-state index is -1.08. The Morgan fingerprint density at radius 1 is 1.17 bits per heavy atom. The Kier molecular flexibility index (Phi) is 3.78. The van der Waals surface area contributed by atoms with Crippen molar-refractivity contribution in [1.29, 1.82) is 0 Å². The van der Waals surface area contributed by atoms with Crippen molar-refractivity contribution in [2.45, 2.75) is 0 Å². The summed E-state index contributed by atoms with van der Waals surface area (Å²) in [5, 5.41) is 17.5. The number of carbonyl (C=O) groups is 1. The van der Waals surface area contributed by atoms with Crippen LogP contribution in [0, 0.1) is 5.82 Å². The molecule has 0 saturated heterocycles. The Morgan fingerprint density at radius 2 is 1.97 bits per heavy atom. The number of hydrogen-bond donors (Lipinski definition) is 2. The monoisotopic (exact) mass is 403 g/mol. The third kappa shape index (κ3) is 2.60. The van der Waals surface area contributed by atoms with Gasteiger partial charge in [-0.2, -0.15) is 5.10 Å². The molecule has 9 heteroatoms. The number of carboxylic acids is 1. The number of aryl methyl sites for hydroxylation is 1. The summed E-state index contributed by atoms with van der Waals surface area (Å²) in [7, 11) is 1.72. The van der Waals surface area contributed by atoms with Crippen LogP contribution in [-0.4, -0.2) is 35.6 Å². The number of nitrogens with one attached hydrogen (secondary N) is 1. The molecule has 3 aromatic heterocycles. The number of fused-ring (bicyclic) bond motifs is 3. The molecule has 0 aliphatic carbocycles. The first-order valence-corrected chi connectivity index (χ1v) is 9.00. The van der Waals surface area contributed by atoms with E-state index < -0.39 is 17.3 Å². The van der Waals surface area contributed by atoms with Crippen LogP contribution >= 0.6 is 0 Å². The number of H-pyrrole nitrogens is 1. The van der Waals surface area contributed by atoms with Gasteiger partial charge in [0.05, 0.1) is 39.4 Å². The van der Waals surface area contributed by atoms with Crippen LogP contribution in [0.3, 0.4) is 0 Å². The molecule has 0 spiro atoms. The smallest absolute Gasteiger partial charge is 0.335 e. The molecule has 0 aliphatic rings. The Balaban J connectivity index is 1.90. The number of nitrogens with zero attached hydrogens (tertiary/aromatic N) is 4. The summed E-state index contributed by atoms with van der Waals surface area (Å²) in [6.07, 6.45) is 1.59. The predicted octanol–water partition coefficient (Wildman–Crippen LogP) is 3.10. The molecule has 0 radical (unpaired) electrons. The number of hydrogen-bond acceptors (Lipinski definition) is 4. The van der Waals surface area contributed by atoms with Gasteiger partial charge in [0.25, 0.3) is 5.56 Å². The van der Waals surface area contributed by atoms with Gasteiger partial charge in [-0.3, -0.25) is 14.6 Å². The second-order valence-electron chi connectivity index (χ2n) is 6.83. The maximum Gasteiger partial charge on any atom is 0.335 e.